The maximum Gasteiger partial charge on any atom is 0.336 e. The molecule has 3 fully saturated rings. The minimum Gasteiger partial charge on any atom is -0.481 e. The molecule has 5 aromatic rings. The van der Waals surface area contributed by atoms with Crippen molar-refractivity contribution in [1.82, 2.24) is 0 Å². The first-order chi connectivity index (χ1) is 46.1. The van der Waals surface area contributed by atoms with Gasteiger partial charge >= 0.3 is 32.6 Å². The van der Waals surface area contributed by atoms with Gasteiger partial charge in [0, 0.05) is 24.3 Å². The largest absolute Gasteiger partial charge is 0.481 e. The summed E-state index contributed by atoms with van der Waals surface area (Å²) in [5.41, 5.74) is 17.7. The van der Waals surface area contributed by atoms with Gasteiger partial charge in [-0.2, -0.15) is 0 Å². The van der Waals surface area contributed by atoms with E-state index in [1.54, 1.807) is 20.8 Å². The molecule has 3 aliphatic carbocycles. The van der Waals surface area contributed by atoms with Crippen molar-refractivity contribution in [3.63, 3.8) is 0 Å². The third-order valence-electron chi connectivity index (χ3n) is 16.9. The van der Waals surface area contributed by atoms with Gasteiger partial charge in [-0.3, -0.25) is 18.9 Å². The van der Waals surface area contributed by atoms with Gasteiger partial charge in [-0.15, -0.1) is 0 Å². The number of aliphatic carboxylic acids is 1. The second-order valence-electron chi connectivity index (χ2n) is 23.9. The fourth-order valence-corrected chi connectivity index (χ4v) is 11.3. The zero-order valence-corrected chi connectivity index (χ0v) is 60.8. The van der Waals surface area contributed by atoms with Gasteiger partial charge in [0.15, 0.2) is 6.10 Å². The minimum atomic E-state index is -0.700. The molecule has 0 bridgehead atoms. The molecule has 0 amide bonds. The smallest absolute Gasteiger partial charge is 0.336 e. The van der Waals surface area contributed by atoms with E-state index in [-0.39, 0.29) is 28.8 Å². The van der Waals surface area contributed by atoms with Gasteiger partial charge in [-0.05, 0) is 184 Å². The van der Waals surface area contributed by atoms with Gasteiger partial charge in [-0.1, -0.05) is 233 Å². The van der Waals surface area contributed by atoms with Crippen molar-refractivity contribution in [3.8, 4) is 0 Å². The number of rotatable bonds is 26. The molecule has 3 aliphatic rings. The lowest BCUT2D eigenvalue weighted by Crippen LogP contribution is -2.23. The number of carboxylic acids is 1. The van der Waals surface area contributed by atoms with Crippen LogP contribution in [0.3, 0.4) is 0 Å². The predicted molar refractivity (Wildman–Crippen MR) is 394 cm³/mol. The second kappa shape index (κ2) is 46.3. The Bertz CT molecular complexity index is 3290. The molecule has 0 aliphatic heterocycles. The van der Waals surface area contributed by atoms with E-state index in [2.05, 4.69) is 97.7 Å². The molecule has 0 spiro atoms. The number of hydrogen-bond donors (Lipinski definition) is 2. The maximum absolute atomic E-state index is 12.1. The summed E-state index contributed by atoms with van der Waals surface area (Å²) in [6, 6.07) is 50.6. The van der Waals surface area contributed by atoms with Gasteiger partial charge in [0.1, 0.15) is 6.29 Å². The zero-order valence-electron chi connectivity index (χ0n) is 59.9. The zero-order chi connectivity index (χ0) is 71.5. The summed E-state index contributed by atoms with van der Waals surface area (Å²) in [5.74, 6) is -0.196. The van der Waals surface area contributed by atoms with Gasteiger partial charge in [0.05, 0.1) is 30.7 Å². The highest BCUT2D eigenvalue weighted by Crippen LogP contribution is 2.60. The Labute approximate surface area is 576 Å². The summed E-state index contributed by atoms with van der Waals surface area (Å²) in [6.07, 6.45) is 19.2. The Hall–Kier alpha value is -7.93. The maximum atomic E-state index is 12.1. The summed E-state index contributed by atoms with van der Waals surface area (Å²) in [4.78, 5) is 56.1. The SMILES string of the molecule is C/C(C=O)=C\c1ccccc1.CCC1(C(=O)O)CC1/C(C)=C/c1ccccc1.CCC1(N)CC1/C(C)=C/c1ccccc1.CCOC(=O)/C(=C/C(C)=C/c1ccccc1)CC.CCOC(=O)C(CC)OP=O.CCOC(=O)C1(CC)CC1/C(C)=C/c1ccccc1.CCOCC. The molecular weight excluding hydrogens is 1220 g/mol. The molecule has 0 aromatic heterocycles. The molecule has 8 rings (SSSR count). The Balaban J connectivity index is 0.000000390. The number of esters is 3. The topological polar surface area (TPSA) is 195 Å². The van der Waals surface area contributed by atoms with E-state index in [9.17, 15) is 33.6 Å². The van der Waals surface area contributed by atoms with E-state index in [1.165, 1.54) is 27.8 Å². The average Bonchev–Trinajstić information content (AvgIpc) is 1.59. The van der Waals surface area contributed by atoms with E-state index in [1.807, 2.05) is 183 Å². The van der Waals surface area contributed by atoms with Crippen LogP contribution in [0.15, 0.2) is 191 Å². The number of aldehydes is 1. The molecule has 5 aromatic carbocycles. The molecule has 7 unspecified atom stereocenters. The third kappa shape index (κ3) is 30.0. The number of benzene rings is 5. The lowest BCUT2D eigenvalue weighted by Gasteiger charge is -2.14. The molecule has 0 radical (unpaired) electrons. The van der Waals surface area contributed by atoms with Gasteiger partial charge in [-0.25, -0.2) is 14.2 Å². The van der Waals surface area contributed by atoms with Crippen LogP contribution >= 0.6 is 8.69 Å². The Morgan fingerprint density at radius 1 is 0.500 bits per heavy atom. The Morgan fingerprint density at radius 3 is 1.18 bits per heavy atom. The molecule has 520 valence electrons. The number of ether oxygens (including phenoxy) is 4. The van der Waals surface area contributed by atoms with E-state index < -0.39 is 32.1 Å². The molecule has 3 N–H and O–H groups in total. The van der Waals surface area contributed by atoms with E-state index >= 15 is 0 Å². The predicted octanol–water partition coefficient (Wildman–Crippen LogP) is 19.7. The first-order valence-corrected chi connectivity index (χ1v) is 34.7. The normalized spacial score (nSPS) is 20.4. The molecule has 3 saturated carbocycles. The first kappa shape index (κ1) is 84.2. The van der Waals surface area contributed by atoms with Crippen molar-refractivity contribution >= 4 is 69.2 Å². The van der Waals surface area contributed by atoms with E-state index in [4.69, 9.17) is 19.9 Å². The van der Waals surface area contributed by atoms with Crippen molar-refractivity contribution in [2.75, 3.05) is 33.0 Å². The van der Waals surface area contributed by atoms with Crippen LogP contribution in [-0.2, 0) is 52.0 Å². The van der Waals surface area contributed by atoms with Crippen LogP contribution in [0, 0.1) is 28.6 Å². The van der Waals surface area contributed by atoms with Crippen LogP contribution in [0.2, 0.25) is 0 Å². The van der Waals surface area contributed by atoms with Crippen molar-refractivity contribution in [2.24, 2.45) is 34.3 Å². The standard InChI is InChI=1S/C17H22O2.C16H20O2.C15H18O2.C14H19N.C10H10O.C6H11O4P.C4H10O/c1-4-17(16(18)19-5-2)12-15(17)13(3)11-14-9-7-6-8-10-14;1-4-15(16(17)18-5-2)12-13(3)11-14-9-7-6-8-10-14;1-3-15(14(16)17)10-13(15)11(2)9-12-7-5-4-6-8-12;1-3-14(15)10-13(14)11(2)9-12-7-5-4-6-8-12;1-9(8-11)7-10-5-3-2-4-6-10;1-3-5(10-11-8)6(7)9-4-2;1-3-5-4-2/h6-11,15H,4-5,12H2,1-3H3;6-12H,4-5H2,1-3H3;4-9,13H,3,10H2,1-2H3,(H,16,17);4-9,13H,3,10,15H2,1-2H3;2-8H,1H3;5H,3-4H2,1-2H3;3-4H2,1-2H3/b13-11+;13-11+,15-12+;2*11-9+;9-7+;;. The van der Waals surface area contributed by atoms with Gasteiger partial charge in [0.25, 0.3) is 0 Å². The number of carbonyl (C=O) groups is 5. The first-order valence-electron chi connectivity index (χ1n) is 34.0. The molecule has 13 nitrogen and oxygen atoms in total. The van der Waals surface area contributed by atoms with Crippen LogP contribution < -0.4 is 5.73 Å². The van der Waals surface area contributed by atoms with Crippen molar-refractivity contribution < 1.29 is 57.1 Å². The van der Waals surface area contributed by atoms with Gasteiger partial charge in [0.2, 0.25) is 0 Å². The Kier molecular flexibility index (Phi) is 40.6. The van der Waals surface area contributed by atoms with Crippen molar-refractivity contribution in [2.45, 2.75) is 167 Å². The van der Waals surface area contributed by atoms with Crippen molar-refractivity contribution in [3.05, 3.63) is 219 Å². The number of hydrogen-bond acceptors (Lipinski definition) is 12. The average molecular weight is 1330 g/mol. The molecule has 0 saturated heterocycles. The molecule has 0 heterocycles. The highest BCUT2D eigenvalue weighted by molar-refractivity contribution is 7.17. The van der Waals surface area contributed by atoms with E-state index in [0.29, 0.717) is 56.5 Å². The van der Waals surface area contributed by atoms with Crippen LogP contribution in [0.4, 0.5) is 0 Å². The molecule has 96 heavy (non-hydrogen) atoms. The fraction of sp³-hybridized carbons (Fsp3) is 0.427. The number of nitrogens with two attached hydrogens (primary N) is 1. The molecular formula is C82H110NO12P. The third-order valence-corrected chi connectivity index (χ3v) is 17.3. The fourth-order valence-electron chi connectivity index (χ4n) is 11.0. The van der Waals surface area contributed by atoms with E-state index in [0.717, 1.165) is 79.4 Å². The summed E-state index contributed by atoms with van der Waals surface area (Å²) in [5, 5.41) is 9.26. The summed E-state index contributed by atoms with van der Waals surface area (Å²) in [6.45, 7) is 32.3. The highest BCUT2D eigenvalue weighted by Gasteiger charge is 2.60. The number of allylic oxidation sites excluding steroid dienone is 5. The number of carbonyl (C=O) groups excluding carboxylic acids is 4. The summed E-state index contributed by atoms with van der Waals surface area (Å²) < 4.78 is 34.2. The monoisotopic (exact) mass is 1330 g/mol. The highest BCUT2D eigenvalue weighted by atomic mass is 31.1. The second-order valence-corrected chi connectivity index (χ2v) is 24.2. The number of carboxylic acid groups (broad SMARTS) is 1. The van der Waals surface area contributed by atoms with Gasteiger partial charge < -0.3 is 29.8 Å². The molecule has 7 atom stereocenters. The Morgan fingerprint density at radius 2 is 0.875 bits per heavy atom. The van der Waals surface area contributed by atoms with Crippen LogP contribution in [0.25, 0.3) is 30.4 Å². The summed E-state index contributed by atoms with van der Waals surface area (Å²) in [7, 11) is -0.486. The van der Waals surface area contributed by atoms with Crippen LogP contribution in [0.1, 0.15) is 183 Å². The lowest BCUT2D eigenvalue weighted by molar-refractivity contribution is -0.151. The van der Waals surface area contributed by atoms with Crippen molar-refractivity contribution in [1.29, 1.82) is 0 Å². The summed E-state index contributed by atoms with van der Waals surface area (Å²) >= 11 is 0. The van der Waals surface area contributed by atoms with Crippen LogP contribution in [0.5, 0.6) is 0 Å². The van der Waals surface area contributed by atoms with Crippen LogP contribution in [-0.4, -0.2) is 79.9 Å². The lowest BCUT2D eigenvalue weighted by atomic mass is 9.96. The minimum absolute atomic E-state index is 0.0247. The molecule has 14 heteroatoms. The quantitative estimate of drug-likeness (QED) is 0.0133.